The first-order chi connectivity index (χ1) is 9.36. The van der Waals surface area contributed by atoms with Crippen molar-refractivity contribution < 1.29 is 13.2 Å². The van der Waals surface area contributed by atoms with E-state index in [0.29, 0.717) is 5.56 Å². The summed E-state index contributed by atoms with van der Waals surface area (Å²) in [5, 5.41) is 10.7. The number of amides is 2. The normalized spacial score (nSPS) is 17.1. The Kier molecular flexibility index (Phi) is 4.29. The highest BCUT2D eigenvalue weighted by atomic mass is 32.2. The van der Waals surface area contributed by atoms with Crippen LogP contribution in [0.4, 0.5) is 4.79 Å². The van der Waals surface area contributed by atoms with Crippen LogP contribution in [0.3, 0.4) is 0 Å². The van der Waals surface area contributed by atoms with Crippen LogP contribution in [0.1, 0.15) is 37.8 Å². The quantitative estimate of drug-likeness (QED) is 0.779. The van der Waals surface area contributed by atoms with E-state index in [4.69, 9.17) is 5.14 Å². The Hall–Kier alpha value is -1.60. The van der Waals surface area contributed by atoms with Crippen molar-refractivity contribution in [3.05, 3.63) is 29.8 Å². The average molecular weight is 297 g/mol. The van der Waals surface area contributed by atoms with E-state index in [1.807, 2.05) is 0 Å². The molecule has 0 saturated heterocycles. The largest absolute Gasteiger partial charge is 0.335 e. The Bertz CT molecular complexity index is 597. The van der Waals surface area contributed by atoms with Crippen LogP contribution in [0.2, 0.25) is 0 Å². The molecule has 1 aromatic rings. The standard InChI is InChI=1S/C13H19N3O3S/c1-9(15-13(17)16-11-5-3-6-11)10-4-2-7-12(8-10)20(14,18)19/h2,4,7-9,11H,3,5-6H2,1H3,(H2,14,18,19)(H2,15,16,17). The van der Waals surface area contributed by atoms with Gasteiger partial charge in [0.05, 0.1) is 10.9 Å². The average Bonchev–Trinajstić information content (AvgIpc) is 2.33. The number of primary sulfonamides is 1. The van der Waals surface area contributed by atoms with Crippen LogP contribution in [0.5, 0.6) is 0 Å². The van der Waals surface area contributed by atoms with E-state index in [2.05, 4.69) is 10.6 Å². The Morgan fingerprint density at radius 3 is 2.65 bits per heavy atom. The molecule has 0 bridgehead atoms. The second-order valence-corrected chi connectivity index (χ2v) is 6.65. The number of nitrogens with two attached hydrogens (primary N) is 1. The van der Waals surface area contributed by atoms with Crippen molar-refractivity contribution in [1.82, 2.24) is 10.6 Å². The summed E-state index contributed by atoms with van der Waals surface area (Å²) >= 11 is 0. The van der Waals surface area contributed by atoms with Gasteiger partial charge in [0, 0.05) is 6.04 Å². The maximum atomic E-state index is 11.7. The number of carbonyl (C=O) groups excluding carboxylic acids is 1. The number of urea groups is 1. The number of nitrogens with one attached hydrogen (secondary N) is 2. The van der Waals surface area contributed by atoms with Gasteiger partial charge in [0.1, 0.15) is 0 Å². The maximum absolute atomic E-state index is 11.7. The summed E-state index contributed by atoms with van der Waals surface area (Å²) in [6.45, 7) is 1.79. The molecule has 1 atom stereocenters. The minimum Gasteiger partial charge on any atom is -0.335 e. The lowest BCUT2D eigenvalue weighted by Crippen LogP contribution is -2.45. The van der Waals surface area contributed by atoms with Gasteiger partial charge < -0.3 is 10.6 Å². The maximum Gasteiger partial charge on any atom is 0.315 e. The molecule has 0 aromatic heterocycles. The fourth-order valence-corrected chi connectivity index (χ4v) is 2.59. The van der Waals surface area contributed by atoms with E-state index < -0.39 is 10.0 Å². The van der Waals surface area contributed by atoms with Crippen molar-refractivity contribution in [1.29, 1.82) is 0 Å². The predicted octanol–water partition coefficient (Wildman–Crippen LogP) is 1.25. The van der Waals surface area contributed by atoms with E-state index in [1.54, 1.807) is 19.1 Å². The van der Waals surface area contributed by atoms with Crippen LogP contribution in [0.25, 0.3) is 0 Å². The van der Waals surface area contributed by atoms with Crippen LogP contribution < -0.4 is 15.8 Å². The van der Waals surface area contributed by atoms with Crippen molar-refractivity contribution in [2.75, 3.05) is 0 Å². The lowest BCUT2D eigenvalue weighted by molar-refractivity contribution is 0.225. The molecule has 1 unspecified atom stereocenters. The number of hydrogen-bond donors (Lipinski definition) is 3. The zero-order valence-corrected chi connectivity index (χ0v) is 12.1. The molecule has 1 aromatic carbocycles. The fraction of sp³-hybridized carbons (Fsp3) is 0.462. The third-order valence-corrected chi connectivity index (χ3v) is 4.39. The van der Waals surface area contributed by atoms with Gasteiger partial charge in [0.25, 0.3) is 0 Å². The second kappa shape index (κ2) is 5.80. The molecule has 1 saturated carbocycles. The molecule has 0 radical (unpaired) electrons. The predicted molar refractivity (Wildman–Crippen MR) is 75.5 cm³/mol. The molecule has 6 nitrogen and oxygen atoms in total. The summed E-state index contributed by atoms with van der Waals surface area (Å²) < 4.78 is 22.6. The van der Waals surface area contributed by atoms with Gasteiger partial charge in [-0.05, 0) is 43.9 Å². The summed E-state index contributed by atoms with van der Waals surface area (Å²) in [7, 11) is -3.73. The first-order valence-electron chi connectivity index (χ1n) is 6.56. The van der Waals surface area contributed by atoms with Gasteiger partial charge >= 0.3 is 6.03 Å². The Labute approximate surface area is 118 Å². The van der Waals surface area contributed by atoms with Gasteiger partial charge in [-0.15, -0.1) is 0 Å². The molecule has 0 heterocycles. The van der Waals surface area contributed by atoms with Crippen LogP contribution in [-0.4, -0.2) is 20.5 Å². The van der Waals surface area contributed by atoms with Crippen molar-refractivity contribution in [3.8, 4) is 0 Å². The first kappa shape index (κ1) is 14.8. The zero-order valence-electron chi connectivity index (χ0n) is 11.3. The first-order valence-corrected chi connectivity index (χ1v) is 8.10. The topological polar surface area (TPSA) is 101 Å². The third kappa shape index (κ3) is 3.71. The molecule has 2 amide bonds. The summed E-state index contributed by atoms with van der Waals surface area (Å²) in [4.78, 5) is 11.8. The van der Waals surface area contributed by atoms with Crippen LogP contribution in [-0.2, 0) is 10.0 Å². The van der Waals surface area contributed by atoms with Crippen molar-refractivity contribution in [2.24, 2.45) is 5.14 Å². The summed E-state index contributed by atoms with van der Waals surface area (Å²) in [5.74, 6) is 0. The zero-order chi connectivity index (χ0) is 14.8. The molecular formula is C13H19N3O3S. The van der Waals surface area contributed by atoms with Gasteiger partial charge in [0.15, 0.2) is 0 Å². The second-order valence-electron chi connectivity index (χ2n) is 5.08. The molecule has 1 aliphatic rings. The number of hydrogen-bond acceptors (Lipinski definition) is 3. The van der Waals surface area contributed by atoms with Crippen molar-refractivity contribution in [3.63, 3.8) is 0 Å². The molecule has 1 fully saturated rings. The Morgan fingerprint density at radius 2 is 2.10 bits per heavy atom. The van der Waals surface area contributed by atoms with E-state index in [9.17, 15) is 13.2 Å². The van der Waals surface area contributed by atoms with Crippen LogP contribution >= 0.6 is 0 Å². The van der Waals surface area contributed by atoms with E-state index >= 15 is 0 Å². The van der Waals surface area contributed by atoms with Crippen molar-refractivity contribution >= 4 is 16.1 Å². The number of sulfonamides is 1. The van der Waals surface area contributed by atoms with Crippen LogP contribution in [0, 0.1) is 0 Å². The van der Waals surface area contributed by atoms with Gasteiger partial charge in [-0.1, -0.05) is 12.1 Å². The molecule has 0 aliphatic heterocycles. The highest BCUT2D eigenvalue weighted by molar-refractivity contribution is 7.89. The third-order valence-electron chi connectivity index (χ3n) is 3.47. The molecule has 110 valence electrons. The monoisotopic (exact) mass is 297 g/mol. The fourth-order valence-electron chi connectivity index (χ4n) is 2.02. The van der Waals surface area contributed by atoms with Crippen LogP contribution in [0.15, 0.2) is 29.2 Å². The van der Waals surface area contributed by atoms with E-state index in [-0.39, 0.29) is 23.0 Å². The molecule has 7 heteroatoms. The molecule has 1 aliphatic carbocycles. The highest BCUT2D eigenvalue weighted by Crippen LogP contribution is 2.19. The number of benzene rings is 1. The Balaban J connectivity index is 2.01. The summed E-state index contributed by atoms with van der Waals surface area (Å²) in [5.41, 5.74) is 0.695. The molecule has 0 spiro atoms. The van der Waals surface area contributed by atoms with E-state index in [1.165, 1.54) is 12.1 Å². The van der Waals surface area contributed by atoms with Gasteiger partial charge in [-0.2, -0.15) is 0 Å². The molecule has 4 N–H and O–H groups in total. The summed E-state index contributed by atoms with van der Waals surface area (Å²) in [6.07, 6.45) is 3.18. The minimum atomic E-state index is -3.73. The molecular weight excluding hydrogens is 278 g/mol. The molecule has 2 rings (SSSR count). The van der Waals surface area contributed by atoms with Gasteiger partial charge in [-0.25, -0.2) is 18.4 Å². The number of rotatable bonds is 4. The Morgan fingerprint density at radius 1 is 1.40 bits per heavy atom. The SMILES string of the molecule is CC(NC(=O)NC1CCC1)c1cccc(S(N)(=O)=O)c1. The smallest absolute Gasteiger partial charge is 0.315 e. The van der Waals surface area contributed by atoms with Gasteiger partial charge in [0.2, 0.25) is 10.0 Å². The van der Waals surface area contributed by atoms with E-state index in [0.717, 1.165) is 19.3 Å². The summed E-state index contributed by atoms with van der Waals surface area (Å²) in [6, 6.07) is 6.00. The molecule has 20 heavy (non-hydrogen) atoms. The number of carbonyl (C=O) groups is 1. The highest BCUT2D eigenvalue weighted by Gasteiger charge is 2.20. The van der Waals surface area contributed by atoms with Crippen molar-refractivity contribution in [2.45, 2.75) is 43.2 Å². The minimum absolute atomic E-state index is 0.0445. The lowest BCUT2D eigenvalue weighted by Gasteiger charge is -2.27. The van der Waals surface area contributed by atoms with Gasteiger partial charge in [-0.3, -0.25) is 0 Å². The lowest BCUT2D eigenvalue weighted by atomic mass is 9.93.